The maximum absolute atomic E-state index is 5.81. The second kappa shape index (κ2) is 2.71. The lowest BCUT2D eigenvalue weighted by Gasteiger charge is -1.97. The summed E-state index contributed by atoms with van der Waals surface area (Å²) in [6.07, 6.45) is 0. The van der Waals surface area contributed by atoms with E-state index in [4.69, 9.17) is 11.6 Å². The molecule has 0 saturated carbocycles. The zero-order valence-electron chi connectivity index (χ0n) is 6.89. The molecule has 2 aromatic rings. The standard InChI is InChI=1S/C9H8ClNS/c1-5-3-4-7-8(6(5)2)11-9(10)12-7/h3-4H,1-2H3. The van der Waals surface area contributed by atoms with Gasteiger partial charge in [-0.3, -0.25) is 0 Å². The molecule has 0 aliphatic rings. The molecule has 12 heavy (non-hydrogen) atoms. The molecule has 62 valence electrons. The fraction of sp³-hybridized carbons (Fsp3) is 0.222. The molecule has 0 aliphatic heterocycles. The van der Waals surface area contributed by atoms with E-state index in [-0.39, 0.29) is 0 Å². The molecule has 1 heterocycles. The fourth-order valence-corrected chi connectivity index (χ4v) is 2.28. The van der Waals surface area contributed by atoms with Crippen molar-refractivity contribution in [1.29, 1.82) is 0 Å². The topological polar surface area (TPSA) is 12.9 Å². The third-order valence-corrected chi connectivity index (χ3v) is 3.18. The van der Waals surface area contributed by atoms with Crippen LogP contribution in [0.15, 0.2) is 12.1 Å². The van der Waals surface area contributed by atoms with Gasteiger partial charge in [0.05, 0.1) is 10.2 Å². The van der Waals surface area contributed by atoms with Crippen LogP contribution in [0.25, 0.3) is 10.2 Å². The Morgan fingerprint density at radius 3 is 2.83 bits per heavy atom. The van der Waals surface area contributed by atoms with Crippen LogP contribution in [0.5, 0.6) is 0 Å². The number of benzene rings is 1. The number of aryl methyl sites for hydroxylation is 2. The van der Waals surface area contributed by atoms with Crippen molar-refractivity contribution in [2.45, 2.75) is 13.8 Å². The van der Waals surface area contributed by atoms with Crippen LogP contribution < -0.4 is 0 Å². The van der Waals surface area contributed by atoms with E-state index in [9.17, 15) is 0 Å². The fourth-order valence-electron chi connectivity index (χ4n) is 1.20. The first-order valence-corrected chi connectivity index (χ1v) is 4.90. The van der Waals surface area contributed by atoms with E-state index in [0.717, 1.165) is 5.52 Å². The quantitative estimate of drug-likeness (QED) is 0.629. The molecular weight excluding hydrogens is 190 g/mol. The first-order valence-electron chi connectivity index (χ1n) is 3.71. The lowest BCUT2D eigenvalue weighted by atomic mass is 10.1. The highest BCUT2D eigenvalue weighted by Gasteiger charge is 2.05. The minimum atomic E-state index is 0.624. The SMILES string of the molecule is Cc1ccc2sc(Cl)nc2c1C. The van der Waals surface area contributed by atoms with Gasteiger partial charge < -0.3 is 0 Å². The molecule has 1 aromatic carbocycles. The number of hydrogen-bond donors (Lipinski definition) is 0. The molecule has 0 unspecified atom stereocenters. The van der Waals surface area contributed by atoms with E-state index in [2.05, 4.69) is 31.0 Å². The molecule has 0 saturated heterocycles. The normalized spacial score (nSPS) is 10.9. The van der Waals surface area contributed by atoms with Crippen LogP contribution in [0.3, 0.4) is 0 Å². The molecule has 0 spiro atoms. The van der Waals surface area contributed by atoms with Gasteiger partial charge in [-0.1, -0.05) is 17.7 Å². The molecular formula is C9H8ClNS. The summed E-state index contributed by atoms with van der Waals surface area (Å²) in [4.78, 5) is 4.26. The van der Waals surface area contributed by atoms with Crippen LogP contribution in [0, 0.1) is 13.8 Å². The minimum absolute atomic E-state index is 0.624. The Hall–Kier alpha value is -0.600. The van der Waals surface area contributed by atoms with Crippen LogP contribution in [-0.2, 0) is 0 Å². The molecule has 2 rings (SSSR count). The van der Waals surface area contributed by atoms with Gasteiger partial charge in [0.25, 0.3) is 0 Å². The molecule has 0 bridgehead atoms. The number of thiazole rings is 1. The van der Waals surface area contributed by atoms with Gasteiger partial charge in [0.2, 0.25) is 0 Å². The van der Waals surface area contributed by atoms with Crippen molar-refractivity contribution in [2.75, 3.05) is 0 Å². The first-order chi connectivity index (χ1) is 5.68. The Bertz CT molecular complexity index is 433. The van der Waals surface area contributed by atoms with Crippen molar-refractivity contribution in [3.05, 3.63) is 27.7 Å². The van der Waals surface area contributed by atoms with Crippen LogP contribution in [0.1, 0.15) is 11.1 Å². The Kier molecular flexibility index (Phi) is 1.81. The van der Waals surface area contributed by atoms with E-state index >= 15 is 0 Å². The number of halogens is 1. The minimum Gasteiger partial charge on any atom is -0.225 e. The predicted molar refractivity (Wildman–Crippen MR) is 54.1 cm³/mol. The molecule has 0 radical (unpaired) electrons. The summed E-state index contributed by atoms with van der Waals surface area (Å²) in [5, 5.41) is 0. The molecule has 0 atom stereocenters. The molecule has 1 nitrogen and oxygen atoms in total. The maximum atomic E-state index is 5.81. The highest BCUT2D eigenvalue weighted by Crippen LogP contribution is 2.28. The Balaban J connectivity index is 2.89. The number of nitrogens with zero attached hydrogens (tertiary/aromatic N) is 1. The third-order valence-electron chi connectivity index (χ3n) is 2.06. The summed E-state index contributed by atoms with van der Waals surface area (Å²) in [5.74, 6) is 0. The first kappa shape index (κ1) is 8.02. The van der Waals surface area contributed by atoms with Gasteiger partial charge in [-0.15, -0.1) is 11.3 Å². The van der Waals surface area contributed by atoms with E-state index in [1.807, 2.05) is 0 Å². The van der Waals surface area contributed by atoms with Gasteiger partial charge in [-0.2, -0.15) is 0 Å². The predicted octanol–water partition coefficient (Wildman–Crippen LogP) is 3.57. The van der Waals surface area contributed by atoms with E-state index in [0.29, 0.717) is 4.47 Å². The van der Waals surface area contributed by atoms with Crippen molar-refractivity contribution < 1.29 is 0 Å². The van der Waals surface area contributed by atoms with Gasteiger partial charge >= 0.3 is 0 Å². The molecule has 0 aliphatic carbocycles. The number of hydrogen-bond acceptors (Lipinski definition) is 2. The third kappa shape index (κ3) is 1.11. The lowest BCUT2D eigenvalue weighted by molar-refractivity contribution is 1.34. The van der Waals surface area contributed by atoms with Crippen LogP contribution in [0.2, 0.25) is 4.47 Å². The Morgan fingerprint density at radius 1 is 1.33 bits per heavy atom. The second-order valence-corrected chi connectivity index (χ2v) is 4.43. The lowest BCUT2D eigenvalue weighted by Crippen LogP contribution is -1.81. The van der Waals surface area contributed by atoms with Gasteiger partial charge in [0.1, 0.15) is 0 Å². The summed E-state index contributed by atoms with van der Waals surface area (Å²) in [5.41, 5.74) is 3.55. The summed E-state index contributed by atoms with van der Waals surface area (Å²) in [6.45, 7) is 4.16. The highest BCUT2D eigenvalue weighted by molar-refractivity contribution is 7.22. The van der Waals surface area contributed by atoms with E-state index in [1.54, 1.807) is 0 Å². The Labute approximate surface area is 80.0 Å². The van der Waals surface area contributed by atoms with E-state index < -0.39 is 0 Å². The zero-order chi connectivity index (χ0) is 8.72. The summed E-state index contributed by atoms with van der Waals surface area (Å²) < 4.78 is 1.79. The number of rotatable bonds is 0. The van der Waals surface area contributed by atoms with Crippen LogP contribution in [-0.4, -0.2) is 4.98 Å². The summed E-state index contributed by atoms with van der Waals surface area (Å²) >= 11 is 7.34. The second-order valence-electron chi connectivity index (χ2n) is 2.82. The molecule has 0 N–H and O–H groups in total. The van der Waals surface area contributed by atoms with Gasteiger partial charge in [0.15, 0.2) is 4.47 Å². The van der Waals surface area contributed by atoms with E-state index in [1.165, 1.54) is 27.2 Å². The summed E-state index contributed by atoms with van der Waals surface area (Å²) in [7, 11) is 0. The summed E-state index contributed by atoms with van der Waals surface area (Å²) in [6, 6.07) is 4.17. The van der Waals surface area contributed by atoms with Gasteiger partial charge in [-0.05, 0) is 31.0 Å². The molecule has 0 fully saturated rings. The number of aromatic nitrogens is 1. The van der Waals surface area contributed by atoms with Crippen LogP contribution in [0.4, 0.5) is 0 Å². The smallest absolute Gasteiger partial charge is 0.184 e. The van der Waals surface area contributed by atoms with Crippen molar-refractivity contribution >= 4 is 33.2 Å². The van der Waals surface area contributed by atoms with Crippen molar-refractivity contribution in [2.24, 2.45) is 0 Å². The number of fused-ring (bicyclic) bond motifs is 1. The zero-order valence-corrected chi connectivity index (χ0v) is 8.46. The van der Waals surface area contributed by atoms with Crippen LogP contribution >= 0.6 is 22.9 Å². The average Bonchev–Trinajstić information content (AvgIpc) is 2.39. The maximum Gasteiger partial charge on any atom is 0.184 e. The highest BCUT2D eigenvalue weighted by atomic mass is 35.5. The molecule has 1 aromatic heterocycles. The average molecular weight is 198 g/mol. The molecule has 0 amide bonds. The Morgan fingerprint density at radius 2 is 2.08 bits per heavy atom. The van der Waals surface area contributed by atoms with Crippen molar-refractivity contribution in [3.8, 4) is 0 Å². The largest absolute Gasteiger partial charge is 0.225 e. The van der Waals surface area contributed by atoms with Gasteiger partial charge in [-0.25, -0.2) is 4.98 Å². The monoisotopic (exact) mass is 197 g/mol. The van der Waals surface area contributed by atoms with Gasteiger partial charge in [0, 0.05) is 0 Å². The molecule has 3 heteroatoms. The van der Waals surface area contributed by atoms with Crippen molar-refractivity contribution in [3.63, 3.8) is 0 Å². The van der Waals surface area contributed by atoms with Crippen molar-refractivity contribution in [1.82, 2.24) is 4.98 Å².